The highest BCUT2D eigenvalue weighted by atomic mass is 35.5. The number of nitriles is 1. The molecule has 1 atom stereocenters. The number of benzene rings is 1. The van der Waals surface area contributed by atoms with Gasteiger partial charge in [0, 0.05) is 12.7 Å². The minimum Gasteiger partial charge on any atom is -0.359 e. The van der Waals surface area contributed by atoms with E-state index >= 15 is 0 Å². The van der Waals surface area contributed by atoms with E-state index in [4.69, 9.17) is 28.5 Å². The minimum absolute atomic E-state index is 0.188. The Hall–Kier alpha value is -0.910. The average Bonchev–Trinajstić information content (AvgIpc) is 2.20. The summed E-state index contributed by atoms with van der Waals surface area (Å²) < 4.78 is 0. The molecule has 0 saturated heterocycles. The van der Waals surface area contributed by atoms with Gasteiger partial charge in [-0.15, -0.1) is 0 Å². The van der Waals surface area contributed by atoms with Crippen LogP contribution in [0.2, 0.25) is 10.0 Å². The summed E-state index contributed by atoms with van der Waals surface area (Å²) >= 11 is 11.6. The molecule has 0 fully saturated rings. The Balaban J connectivity index is 2.98. The van der Waals surface area contributed by atoms with Gasteiger partial charge in [0.2, 0.25) is 0 Å². The first kappa shape index (κ1) is 11.2. The molecule has 0 N–H and O–H groups in total. The van der Waals surface area contributed by atoms with Crippen molar-refractivity contribution in [2.75, 3.05) is 11.9 Å². The molecule has 1 aromatic carbocycles. The Morgan fingerprint density at radius 2 is 2.00 bits per heavy atom. The third kappa shape index (κ3) is 2.31. The van der Waals surface area contributed by atoms with Gasteiger partial charge in [0.1, 0.15) is 6.04 Å². The molecule has 1 rings (SSSR count). The monoisotopic (exact) mass is 228 g/mol. The van der Waals surface area contributed by atoms with E-state index in [1.807, 2.05) is 24.9 Å². The fourth-order valence-corrected chi connectivity index (χ4v) is 1.31. The van der Waals surface area contributed by atoms with E-state index in [0.29, 0.717) is 10.0 Å². The average molecular weight is 229 g/mol. The normalized spacial score (nSPS) is 11.9. The third-order valence-corrected chi connectivity index (χ3v) is 2.82. The fraction of sp³-hybridized carbons (Fsp3) is 0.300. The van der Waals surface area contributed by atoms with Gasteiger partial charge in [-0.2, -0.15) is 5.26 Å². The van der Waals surface area contributed by atoms with Crippen LogP contribution in [0, 0.1) is 11.3 Å². The van der Waals surface area contributed by atoms with Crippen molar-refractivity contribution in [1.29, 1.82) is 5.26 Å². The third-order valence-electron chi connectivity index (χ3n) is 2.08. The number of hydrogen-bond donors (Lipinski definition) is 0. The van der Waals surface area contributed by atoms with Gasteiger partial charge in [-0.1, -0.05) is 23.2 Å². The molecule has 0 aliphatic carbocycles. The SMILES string of the molecule is CC(C#N)N(C)c1ccc(Cl)c(Cl)c1. The molecular weight excluding hydrogens is 219 g/mol. The van der Waals surface area contributed by atoms with Crippen LogP contribution in [0.25, 0.3) is 0 Å². The molecule has 0 heterocycles. The van der Waals surface area contributed by atoms with Crippen molar-refractivity contribution in [3.63, 3.8) is 0 Å². The van der Waals surface area contributed by atoms with E-state index in [9.17, 15) is 0 Å². The van der Waals surface area contributed by atoms with Gasteiger partial charge in [-0.05, 0) is 25.1 Å². The van der Waals surface area contributed by atoms with Crippen LogP contribution in [-0.2, 0) is 0 Å². The van der Waals surface area contributed by atoms with Gasteiger partial charge >= 0.3 is 0 Å². The highest BCUT2D eigenvalue weighted by molar-refractivity contribution is 6.42. The second kappa shape index (κ2) is 4.54. The first-order chi connectivity index (χ1) is 6.56. The molecule has 0 aliphatic heterocycles. The number of halogens is 2. The quantitative estimate of drug-likeness (QED) is 0.777. The predicted octanol–water partition coefficient (Wildman–Crippen LogP) is 3.34. The lowest BCUT2D eigenvalue weighted by molar-refractivity contribution is 0.835. The molecule has 0 saturated carbocycles. The second-order valence-electron chi connectivity index (χ2n) is 3.01. The molecule has 0 aliphatic rings. The topological polar surface area (TPSA) is 27.0 Å². The highest BCUT2D eigenvalue weighted by Gasteiger charge is 2.09. The molecule has 74 valence electrons. The molecule has 0 aromatic heterocycles. The zero-order valence-electron chi connectivity index (χ0n) is 7.96. The van der Waals surface area contributed by atoms with Crippen LogP contribution >= 0.6 is 23.2 Å². The number of anilines is 1. The molecule has 0 spiro atoms. The van der Waals surface area contributed by atoms with Crippen LogP contribution in [-0.4, -0.2) is 13.1 Å². The highest BCUT2D eigenvalue weighted by Crippen LogP contribution is 2.27. The standard InChI is InChI=1S/C10H10Cl2N2/c1-7(6-13)14(2)8-3-4-9(11)10(12)5-8/h3-5,7H,1-2H3. The maximum absolute atomic E-state index is 8.74. The van der Waals surface area contributed by atoms with Gasteiger partial charge in [-0.25, -0.2) is 0 Å². The lowest BCUT2D eigenvalue weighted by Crippen LogP contribution is -2.26. The van der Waals surface area contributed by atoms with Crippen LogP contribution in [0.1, 0.15) is 6.92 Å². The summed E-state index contributed by atoms with van der Waals surface area (Å²) in [6, 6.07) is 7.26. The van der Waals surface area contributed by atoms with E-state index in [-0.39, 0.29) is 6.04 Å². The maximum Gasteiger partial charge on any atom is 0.113 e. The summed E-state index contributed by atoms with van der Waals surface area (Å²) in [6.45, 7) is 1.82. The van der Waals surface area contributed by atoms with Crippen molar-refractivity contribution < 1.29 is 0 Å². The molecule has 4 heteroatoms. The van der Waals surface area contributed by atoms with Gasteiger partial charge in [0.15, 0.2) is 0 Å². The Bertz CT molecular complexity index is 371. The van der Waals surface area contributed by atoms with Crippen LogP contribution in [0.4, 0.5) is 5.69 Å². The van der Waals surface area contributed by atoms with E-state index in [0.717, 1.165) is 5.69 Å². The molecule has 2 nitrogen and oxygen atoms in total. The summed E-state index contributed by atoms with van der Waals surface area (Å²) in [5.74, 6) is 0. The van der Waals surface area contributed by atoms with Crippen LogP contribution in [0.5, 0.6) is 0 Å². The minimum atomic E-state index is -0.188. The molecule has 14 heavy (non-hydrogen) atoms. The summed E-state index contributed by atoms with van der Waals surface area (Å²) in [7, 11) is 1.84. The Morgan fingerprint density at radius 3 is 2.50 bits per heavy atom. The molecule has 0 amide bonds. The Labute approximate surface area is 93.7 Å². The van der Waals surface area contributed by atoms with Crippen molar-refractivity contribution in [2.45, 2.75) is 13.0 Å². The lowest BCUT2D eigenvalue weighted by atomic mass is 10.2. The van der Waals surface area contributed by atoms with Gasteiger partial charge in [-0.3, -0.25) is 0 Å². The van der Waals surface area contributed by atoms with Crippen LogP contribution in [0.3, 0.4) is 0 Å². The van der Waals surface area contributed by atoms with Crippen LogP contribution in [0.15, 0.2) is 18.2 Å². The van der Waals surface area contributed by atoms with Gasteiger partial charge in [0.25, 0.3) is 0 Å². The molecule has 0 radical (unpaired) electrons. The molecule has 1 aromatic rings. The van der Waals surface area contributed by atoms with E-state index in [1.165, 1.54) is 0 Å². The van der Waals surface area contributed by atoms with Gasteiger partial charge < -0.3 is 4.90 Å². The summed E-state index contributed by atoms with van der Waals surface area (Å²) in [4.78, 5) is 1.84. The van der Waals surface area contributed by atoms with E-state index < -0.39 is 0 Å². The summed E-state index contributed by atoms with van der Waals surface area (Å²) in [5.41, 5.74) is 0.883. The first-order valence-corrected chi connectivity index (χ1v) is 4.89. The van der Waals surface area contributed by atoms with Crippen molar-refractivity contribution in [2.24, 2.45) is 0 Å². The lowest BCUT2D eigenvalue weighted by Gasteiger charge is -2.21. The Morgan fingerprint density at radius 1 is 1.36 bits per heavy atom. The largest absolute Gasteiger partial charge is 0.359 e. The van der Waals surface area contributed by atoms with Crippen molar-refractivity contribution in [1.82, 2.24) is 0 Å². The number of nitrogens with zero attached hydrogens (tertiary/aromatic N) is 2. The molecular formula is C10H10Cl2N2. The Kier molecular flexibility index (Phi) is 3.62. The van der Waals surface area contributed by atoms with Crippen molar-refractivity contribution in [3.8, 4) is 6.07 Å². The van der Waals surface area contributed by atoms with Crippen molar-refractivity contribution >= 4 is 28.9 Å². The second-order valence-corrected chi connectivity index (χ2v) is 3.83. The number of rotatable bonds is 2. The summed E-state index contributed by atoms with van der Waals surface area (Å²) in [6.07, 6.45) is 0. The molecule has 1 unspecified atom stereocenters. The predicted molar refractivity (Wildman–Crippen MR) is 59.9 cm³/mol. The first-order valence-electron chi connectivity index (χ1n) is 4.13. The number of hydrogen-bond acceptors (Lipinski definition) is 2. The van der Waals surface area contributed by atoms with E-state index in [2.05, 4.69) is 6.07 Å². The van der Waals surface area contributed by atoms with Crippen LogP contribution < -0.4 is 4.90 Å². The van der Waals surface area contributed by atoms with Gasteiger partial charge in [0.05, 0.1) is 16.1 Å². The molecule has 0 bridgehead atoms. The smallest absolute Gasteiger partial charge is 0.113 e. The fourth-order valence-electron chi connectivity index (χ4n) is 1.01. The zero-order valence-corrected chi connectivity index (χ0v) is 9.47. The maximum atomic E-state index is 8.74. The van der Waals surface area contributed by atoms with Crippen molar-refractivity contribution in [3.05, 3.63) is 28.2 Å². The van der Waals surface area contributed by atoms with E-state index in [1.54, 1.807) is 12.1 Å². The summed E-state index contributed by atoms with van der Waals surface area (Å²) in [5, 5.41) is 9.76. The zero-order chi connectivity index (χ0) is 10.7.